The van der Waals surface area contributed by atoms with E-state index in [2.05, 4.69) is 34.5 Å². The van der Waals surface area contributed by atoms with E-state index in [1.807, 2.05) is 13.0 Å². The lowest BCUT2D eigenvalue weighted by Gasteiger charge is -2.23. The fourth-order valence-corrected chi connectivity index (χ4v) is 4.15. The molecule has 0 spiro atoms. The molecular formula is C15H19ClN2S. The summed E-state index contributed by atoms with van der Waals surface area (Å²) >= 11 is 8.38. The first-order valence-corrected chi connectivity index (χ1v) is 8.52. The number of para-hydroxylation sites is 2. The van der Waals surface area contributed by atoms with Crippen molar-refractivity contribution in [3.05, 3.63) is 30.1 Å². The molecule has 2 aromatic rings. The summed E-state index contributed by atoms with van der Waals surface area (Å²) in [6.45, 7) is 3.07. The Balaban J connectivity index is 1.97. The van der Waals surface area contributed by atoms with E-state index in [0.29, 0.717) is 0 Å². The molecular weight excluding hydrogens is 276 g/mol. The van der Waals surface area contributed by atoms with Gasteiger partial charge in [-0.3, -0.25) is 0 Å². The van der Waals surface area contributed by atoms with Crippen molar-refractivity contribution in [3.63, 3.8) is 0 Å². The van der Waals surface area contributed by atoms with Crippen LogP contribution >= 0.6 is 23.4 Å². The van der Waals surface area contributed by atoms with Crippen LogP contribution in [0.15, 0.2) is 24.3 Å². The van der Waals surface area contributed by atoms with Gasteiger partial charge in [0.1, 0.15) is 5.82 Å². The van der Waals surface area contributed by atoms with Crippen LogP contribution in [0.1, 0.15) is 31.0 Å². The summed E-state index contributed by atoms with van der Waals surface area (Å²) in [5, 5.41) is -0.0367. The van der Waals surface area contributed by atoms with E-state index >= 15 is 0 Å². The lowest BCUT2D eigenvalue weighted by molar-refractivity contribution is 0.415. The molecule has 1 aliphatic heterocycles. The van der Waals surface area contributed by atoms with Crippen LogP contribution < -0.4 is 0 Å². The van der Waals surface area contributed by atoms with Gasteiger partial charge in [0, 0.05) is 6.54 Å². The van der Waals surface area contributed by atoms with E-state index in [9.17, 15) is 0 Å². The number of imidazole rings is 1. The van der Waals surface area contributed by atoms with Crippen LogP contribution in [-0.4, -0.2) is 21.1 Å². The van der Waals surface area contributed by atoms with Crippen LogP contribution in [0.4, 0.5) is 0 Å². The minimum absolute atomic E-state index is 0.0367. The normalized spacial score (nSPS) is 18.8. The first-order chi connectivity index (χ1) is 9.25. The van der Waals surface area contributed by atoms with Gasteiger partial charge in [0.15, 0.2) is 0 Å². The molecule has 102 valence electrons. The number of thioether (sulfide) groups is 1. The number of rotatable bonds is 3. The van der Waals surface area contributed by atoms with E-state index < -0.39 is 0 Å². The largest absolute Gasteiger partial charge is 0.326 e. The van der Waals surface area contributed by atoms with Gasteiger partial charge in [-0.1, -0.05) is 12.1 Å². The topological polar surface area (TPSA) is 17.8 Å². The van der Waals surface area contributed by atoms with Crippen molar-refractivity contribution in [1.82, 2.24) is 9.55 Å². The molecule has 1 aliphatic rings. The monoisotopic (exact) mass is 294 g/mol. The van der Waals surface area contributed by atoms with Crippen LogP contribution in [0.2, 0.25) is 0 Å². The van der Waals surface area contributed by atoms with Gasteiger partial charge in [0.05, 0.1) is 16.4 Å². The SMILES string of the molecule is CC(Cl)c1nc2ccccc2n1CC1CCSCC1. The number of aromatic nitrogens is 2. The first kappa shape index (κ1) is 13.3. The van der Waals surface area contributed by atoms with E-state index in [4.69, 9.17) is 16.6 Å². The van der Waals surface area contributed by atoms with Crippen molar-refractivity contribution in [2.24, 2.45) is 5.92 Å². The average molecular weight is 295 g/mol. The molecule has 4 heteroatoms. The number of benzene rings is 1. The molecule has 1 aromatic carbocycles. The molecule has 3 rings (SSSR count). The van der Waals surface area contributed by atoms with Gasteiger partial charge in [-0.25, -0.2) is 4.98 Å². The molecule has 0 radical (unpaired) electrons. The first-order valence-electron chi connectivity index (χ1n) is 6.92. The Morgan fingerprint density at radius 3 is 2.84 bits per heavy atom. The molecule has 0 saturated carbocycles. The number of hydrogen-bond acceptors (Lipinski definition) is 2. The molecule has 1 unspecified atom stereocenters. The van der Waals surface area contributed by atoms with Gasteiger partial charge in [0.2, 0.25) is 0 Å². The van der Waals surface area contributed by atoms with Crippen molar-refractivity contribution in [3.8, 4) is 0 Å². The maximum atomic E-state index is 6.31. The second-order valence-electron chi connectivity index (χ2n) is 5.24. The van der Waals surface area contributed by atoms with Crippen molar-refractivity contribution in [2.75, 3.05) is 11.5 Å². The third kappa shape index (κ3) is 2.77. The fraction of sp³-hybridized carbons (Fsp3) is 0.533. The predicted octanol–water partition coefficient (Wildman–Crippen LogP) is 4.48. The standard InChI is InChI=1S/C15H19ClN2S/c1-11(16)15-17-13-4-2-3-5-14(13)18(15)10-12-6-8-19-9-7-12/h2-5,11-12H,6-10H2,1H3. The number of halogens is 1. The van der Waals surface area contributed by atoms with Crippen LogP contribution in [-0.2, 0) is 6.54 Å². The summed E-state index contributed by atoms with van der Waals surface area (Å²) in [5.74, 6) is 4.38. The minimum atomic E-state index is -0.0367. The molecule has 1 aromatic heterocycles. The van der Waals surface area contributed by atoms with Crippen molar-refractivity contribution < 1.29 is 0 Å². The van der Waals surface area contributed by atoms with Crippen molar-refractivity contribution >= 4 is 34.4 Å². The summed E-state index contributed by atoms with van der Waals surface area (Å²) in [7, 11) is 0. The molecule has 2 nitrogen and oxygen atoms in total. The highest BCUT2D eigenvalue weighted by atomic mass is 35.5. The third-order valence-corrected chi connectivity index (χ3v) is 5.07. The molecule has 1 atom stereocenters. The molecule has 1 fully saturated rings. The minimum Gasteiger partial charge on any atom is -0.326 e. The second kappa shape index (κ2) is 5.76. The quantitative estimate of drug-likeness (QED) is 0.777. The highest BCUT2D eigenvalue weighted by molar-refractivity contribution is 7.99. The van der Waals surface area contributed by atoms with Gasteiger partial charge >= 0.3 is 0 Å². The molecule has 1 saturated heterocycles. The Morgan fingerprint density at radius 2 is 2.11 bits per heavy atom. The van der Waals surface area contributed by atoms with Gasteiger partial charge in [-0.15, -0.1) is 11.6 Å². The van der Waals surface area contributed by atoms with E-state index in [1.165, 1.54) is 29.9 Å². The lowest BCUT2D eigenvalue weighted by atomic mass is 10.0. The highest BCUT2D eigenvalue weighted by Crippen LogP contribution is 2.29. The van der Waals surface area contributed by atoms with Gasteiger partial charge < -0.3 is 4.57 Å². The molecule has 19 heavy (non-hydrogen) atoms. The summed E-state index contributed by atoms with van der Waals surface area (Å²) in [5.41, 5.74) is 2.29. The zero-order valence-corrected chi connectivity index (χ0v) is 12.8. The van der Waals surface area contributed by atoms with Crippen LogP contribution in [0, 0.1) is 5.92 Å². The molecule has 2 heterocycles. The third-order valence-electron chi connectivity index (χ3n) is 3.82. The lowest BCUT2D eigenvalue weighted by Crippen LogP contribution is -2.18. The second-order valence-corrected chi connectivity index (χ2v) is 7.12. The van der Waals surface area contributed by atoms with E-state index in [1.54, 1.807) is 0 Å². The number of fused-ring (bicyclic) bond motifs is 1. The zero-order chi connectivity index (χ0) is 13.2. The molecule has 0 bridgehead atoms. The summed E-state index contributed by atoms with van der Waals surface area (Å²) in [6, 6.07) is 8.35. The summed E-state index contributed by atoms with van der Waals surface area (Å²) in [6.07, 6.45) is 2.63. The Bertz CT molecular complexity index is 558. The van der Waals surface area contributed by atoms with Crippen molar-refractivity contribution in [2.45, 2.75) is 31.7 Å². The van der Waals surface area contributed by atoms with Crippen molar-refractivity contribution in [1.29, 1.82) is 0 Å². The molecule has 0 aliphatic carbocycles. The van der Waals surface area contributed by atoms with Gasteiger partial charge in [-0.05, 0) is 49.3 Å². The number of alkyl halides is 1. The van der Waals surface area contributed by atoms with E-state index in [-0.39, 0.29) is 5.38 Å². The van der Waals surface area contributed by atoms with Crippen LogP contribution in [0.25, 0.3) is 11.0 Å². The Hall–Kier alpha value is -0.670. The average Bonchev–Trinajstić information content (AvgIpc) is 2.79. The van der Waals surface area contributed by atoms with Gasteiger partial charge in [-0.2, -0.15) is 11.8 Å². The summed E-state index contributed by atoms with van der Waals surface area (Å²) in [4.78, 5) is 4.70. The highest BCUT2D eigenvalue weighted by Gasteiger charge is 2.19. The maximum absolute atomic E-state index is 6.31. The Morgan fingerprint density at radius 1 is 1.37 bits per heavy atom. The number of nitrogens with zero attached hydrogens (tertiary/aromatic N) is 2. The Kier molecular flexibility index (Phi) is 4.04. The zero-order valence-electron chi connectivity index (χ0n) is 11.2. The van der Waals surface area contributed by atoms with Crippen LogP contribution in [0.5, 0.6) is 0 Å². The van der Waals surface area contributed by atoms with Gasteiger partial charge in [0.25, 0.3) is 0 Å². The van der Waals surface area contributed by atoms with E-state index in [0.717, 1.165) is 23.8 Å². The molecule has 0 amide bonds. The predicted molar refractivity (Wildman–Crippen MR) is 84.1 cm³/mol. The van der Waals surface area contributed by atoms with Crippen LogP contribution in [0.3, 0.4) is 0 Å². The fourth-order valence-electron chi connectivity index (χ4n) is 2.78. The number of hydrogen-bond donors (Lipinski definition) is 0. The summed E-state index contributed by atoms with van der Waals surface area (Å²) < 4.78 is 2.34. The maximum Gasteiger partial charge on any atom is 0.127 e. The Labute approximate surface area is 123 Å². The molecule has 0 N–H and O–H groups in total. The smallest absolute Gasteiger partial charge is 0.127 e.